The molecule has 1 aliphatic carbocycles. The Kier molecular flexibility index (Phi) is 2.92. The molecule has 1 aromatic heterocycles. The van der Waals surface area contributed by atoms with Gasteiger partial charge in [0, 0.05) is 25.2 Å². The van der Waals surface area contributed by atoms with E-state index in [1.54, 1.807) is 19.4 Å². The summed E-state index contributed by atoms with van der Waals surface area (Å²) in [6, 6.07) is 1.64. The third-order valence-electron chi connectivity index (χ3n) is 3.32. The molecule has 0 aliphatic heterocycles. The Labute approximate surface area is 94.8 Å². The average molecular weight is 220 g/mol. The molecule has 0 saturated heterocycles. The van der Waals surface area contributed by atoms with Crippen LogP contribution in [0, 0.1) is 0 Å². The highest BCUT2D eigenvalue weighted by Gasteiger charge is 2.42. The van der Waals surface area contributed by atoms with Crippen molar-refractivity contribution in [3.05, 3.63) is 24.0 Å². The monoisotopic (exact) mass is 220 g/mol. The number of Topliss-reactive ketones (excluding diaryl/α,β-unsaturated/α-hetero) is 1. The molecule has 1 fully saturated rings. The first-order valence-electron chi connectivity index (χ1n) is 5.49. The standard InChI is InChI=1S/C12H16N2O2/c1-16-12(5-2-3-6-12)11(15)9-8-14-7-4-10(9)13/h4,7-8H,2-3,5-6H2,1H3,(H2,13,14). The number of carbonyl (C=O) groups is 1. The van der Waals surface area contributed by atoms with E-state index in [0.29, 0.717) is 11.3 Å². The summed E-state index contributed by atoms with van der Waals surface area (Å²) in [5.41, 5.74) is 6.07. The normalized spacial score (nSPS) is 18.6. The second-order valence-electron chi connectivity index (χ2n) is 4.20. The zero-order chi connectivity index (χ0) is 11.6. The highest BCUT2D eigenvalue weighted by atomic mass is 16.5. The molecule has 4 nitrogen and oxygen atoms in total. The summed E-state index contributed by atoms with van der Waals surface area (Å²) < 4.78 is 5.44. The largest absolute Gasteiger partial charge is 0.398 e. The molecule has 1 heterocycles. The molecule has 0 atom stereocenters. The number of rotatable bonds is 3. The van der Waals surface area contributed by atoms with Gasteiger partial charge in [-0.1, -0.05) is 0 Å². The summed E-state index contributed by atoms with van der Waals surface area (Å²) in [5.74, 6) is -0.0295. The fraction of sp³-hybridized carbons (Fsp3) is 0.500. The van der Waals surface area contributed by atoms with Crippen LogP contribution in [0.3, 0.4) is 0 Å². The number of ether oxygens (including phenoxy) is 1. The maximum atomic E-state index is 12.4. The molecule has 1 saturated carbocycles. The molecule has 16 heavy (non-hydrogen) atoms. The van der Waals surface area contributed by atoms with Gasteiger partial charge in [0.1, 0.15) is 5.60 Å². The predicted molar refractivity (Wildman–Crippen MR) is 61.2 cm³/mol. The maximum absolute atomic E-state index is 12.4. The average Bonchev–Trinajstić information content (AvgIpc) is 2.78. The lowest BCUT2D eigenvalue weighted by atomic mass is 9.91. The lowest BCUT2D eigenvalue weighted by Crippen LogP contribution is -2.38. The zero-order valence-electron chi connectivity index (χ0n) is 9.40. The van der Waals surface area contributed by atoms with Gasteiger partial charge in [-0.2, -0.15) is 0 Å². The van der Waals surface area contributed by atoms with E-state index in [0.717, 1.165) is 25.7 Å². The second-order valence-corrected chi connectivity index (χ2v) is 4.20. The van der Waals surface area contributed by atoms with Gasteiger partial charge >= 0.3 is 0 Å². The van der Waals surface area contributed by atoms with E-state index in [2.05, 4.69) is 4.98 Å². The number of aromatic nitrogens is 1. The zero-order valence-corrected chi connectivity index (χ0v) is 9.40. The number of carbonyl (C=O) groups excluding carboxylic acids is 1. The second kappa shape index (κ2) is 4.22. The minimum Gasteiger partial charge on any atom is -0.398 e. The van der Waals surface area contributed by atoms with E-state index < -0.39 is 5.60 Å². The Morgan fingerprint density at radius 1 is 1.50 bits per heavy atom. The molecule has 1 aliphatic rings. The molecule has 0 radical (unpaired) electrons. The molecule has 1 aromatic rings. The van der Waals surface area contributed by atoms with Crippen LogP contribution in [0.25, 0.3) is 0 Å². The van der Waals surface area contributed by atoms with Gasteiger partial charge < -0.3 is 10.5 Å². The maximum Gasteiger partial charge on any atom is 0.198 e. The van der Waals surface area contributed by atoms with E-state index in [4.69, 9.17) is 10.5 Å². The number of nitrogens with two attached hydrogens (primary N) is 1. The molecule has 2 N–H and O–H groups in total. The molecule has 86 valence electrons. The van der Waals surface area contributed by atoms with Crippen molar-refractivity contribution in [2.24, 2.45) is 0 Å². The summed E-state index contributed by atoms with van der Waals surface area (Å²) in [7, 11) is 1.59. The topological polar surface area (TPSA) is 65.2 Å². The fourth-order valence-electron chi connectivity index (χ4n) is 2.31. The minimum absolute atomic E-state index is 0.0295. The molecular weight excluding hydrogens is 204 g/mol. The van der Waals surface area contributed by atoms with Crippen LogP contribution >= 0.6 is 0 Å². The number of methoxy groups -OCH3 is 1. The summed E-state index contributed by atoms with van der Waals surface area (Å²) in [6.07, 6.45) is 6.71. The highest BCUT2D eigenvalue weighted by molar-refractivity contribution is 6.06. The first-order valence-corrected chi connectivity index (χ1v) is 5.49. The summed E-state index contributed by atoms with van der Waals surface area (Å²) in [5, 5.41) is 0. The fourth-order valence-corrected chi connectivity index (χ4v) is 2.31. The van der Waals surface area contributed by atoms with Crippen LogP contribution in [-0.4, -0.2) is 23.5 Å². The first kappa shape index (κ1) is 11.1. The summed E-state index contributed by atoms with van der Waals surface area (Å²) in [6.45, 7) is 0. The molecule has 0 unspecified atom stereocenters. The van der Waals surface area contributed by atoms with Crippen molar-refractivity contribution in [1.82, 2.24) is 4.98 Å². The molecule has 0 amide bonds. The van der Waals surface area contributed by atoms with Crippen molar-refractivity contribution in [3.8, 4) is 0 Å². The van der Waals surface area contributed by atoms with Gasteiger partial charge in [0.25, 0.3) is 0 Å². The van der Waals surface area contributed by atoms with E-state index in [1.807, 2.05) is 0 Å². The van der Waals surface area contributed by atoms with Crippen molar-refractivity contribution in [1.29, 1.82) is 0 Å². The molecule has 0 aromatic carbocycles. The Bertz CT molecular complexity index is 398. The van der Waals surface area contributed by atoms with Gasteiger partial charge in [-0.25, -0.2) is 0 Å². The van der Waals surface area contributed by atoms with Crippen LogP contribution in [0.2, 0.25) is 0 Å². The van der Waals surface area contributed by atoms with E-state index in [-0.39, 0.29) is 5.78 Å². The van der Waals surface area contributed by atoms with Crippen LogP contribution in [0.15, 0.2) is 18.5 Å². The number of hydrogen-bond acceptors (Lipinski definition) is 4. The van der Waals surface area contributed by atoms with Crippen molar-refractivity contribution < 1.29 is 9.53 Å². The molecule has 2 rings (SSSR count). The quantitative estimate of drug-likeness (QED) is 0.789. The Morgan fingerprint density at radius 3 is 2.75 bits per heavy atom. The lowest BCUT2D eigenvalue weighted by Gasteiger charge is -2.25. The number of pyridine rings is 1. The SMILES string of the molecule is COC1(C(=O)c2cnccc2N)CCCC1. The van der Waals surface area contributed by atoms with Crippen LogP contribution in [0.5, 0.6) is 0 Å². The number of anilines is 1. The van der Waals surface area contributed by atoms with Gasteiger partial charge in [-0.15, -0.1) is 0 Å². The molecule has 4 heteroatoms. The highest BCUT2D eigenvalue weighted by Crippen LogP contribution is 2.36. The Balaban J connectivity index is 2.34. The van der Waals surface area contributed by atoms with Crippen LogP contribution in [0.1, 0.15) is 36.0 Å². The van der Waals surface area contributed by atoms with Crippen molar-refractivity contribution >= 4 is 11.5 Å². The third kappa shape index (κ3) is 1.69. The van der Waals surface area contributed by atoms with Crippen molar-refractivity contribution in [2.75, 3.05) is 12.8 Å². The van der Waals surface area contributed by atoms with Crippen molar-refractivity contribution in [3.63, 3.8) is 0 Å². The van der Waals surface area contributed by atoms with Crippen LogP contribution in [-0.2, 0) is 4.74 Å². The van der Waals surface area contributed by atoms with Gasteiger partial charge in [0.2, 0.25) is 0 Å². The first-order chi connectivity index (χ1) is 7.69. The number of ketones is 1. The van der Waals surface area contributed by atoms with Gasteiger partial charge in [-0.05, 0) is 31.7 Å². The third-order valence-corrected chi connectivity index (χ3v) is 3.32. The van der Waals surface area contributed by atoms with Crippen LogP contribution < -0.4 is 5.73 Å². The molecule has 0 bridgehead atoms. The smallest absolute Gasteiger partial charge is 0.198 e. The van der Waals surface area contributed by atoms with Crippen LogP contribution in [0.4, 0.5) is 5.69 Å². The molecule has 0 spiro atoms. The van der Waals surface area contributed by atoms with E-state index in [9.17, 15) is 4.79 Å². The number of nitrogen functional groups attached to an aromatic ring is 1. The minimum atomic E-state index is -0.669. The van der Waals surface area contributed by atoms with Gasteiger partial charge in [0.15, 0.2) is 5.78 Å². The summed E-state index contributed by atoms with van der Waals surface area (Å²) >= 11 is 0. The van der Waals surface area contributed by atoms with E-state index >= 15 is 0 Å². The van der Waals surface area contributed by atoms with Gasteiger partial charge in [0.05, 0.1) is 5.56 Å². The van der Waals surface area contributed by atoms with Gasteiger partial charge in [-0.3, -0.25) is 9.78 Å². The lowest BCUT2D eigenvalue weighted by molar-refractivity contribution is 0.00607. The Hall–Kier alpha value is -1.42. The number of nitrogens with zero attached hydrogens (tertiary/aromatic N) is 1. The number of hydrogen-bond donors (Lipinski definition) is 1. The van der Waals surface area contributed by atoms with Crippen molar-refractivity contribution in [2.45, 2.75) is 31.3 Å². The summed E-state index contributed by atoms with van der Waals surface area (Å²) in [4.78, 5) is 16.3. The molecular formula is C12H16N2O2. The Morgan fingerprint density at radius 2 is 2.19 bits per heavy atom. The van der Waals surface area contributed by atoms with E-state index in [1.165, 1.54) is 6.20 Å². The predicted octanol–water partition coefficient (Wildman–Crippen LogP) is 1.81.